The Labute approximate surface area is 141 Å². The molecule has 0 bridgehead atoms. The van der Waals surface area contributed by atoms with E-state index in [0.717, 1.165) is 17.7 Å². The number of aliphatic hydroxyl groups is 1. The summed E-state index contributed by atoms with van der Waals surface area (Å²) in [4.78, 5) is 14.2. The van der Waals surface area contributed by atoms with Crippen molar-refractivity contribution in [3.63, 3.8) is 0 Å². The summed E-state index contributed by atoms with van der Waals surface area (Å²) in [7, 11) is 0. The Bertz CT molecular complexity index is 727. The predicted molar refractivity (Wildman–Crippen MR) is 88.0 cm³/mol. The van der Waals surface area contributed by atoms with Gasteiger partial charge in [-0.25, -0.2) is 0 Å². The van der Waals surface area contributed by atoms with Crippen LogP contribution in [-0.2, 0) is 0 Å². The van der Waals surface area contributed by atoms with Crippen LogP contribution in [0.5, 0.6) is 5.75 Å². The van der Waals surface area contributed by atoms with Crippen LogP contribution in [0.15, 0.2) is 35.1 Å². The van der Waals surface area contributed by atoms with Gasteiger partial charge in [0.15, 0.2) is 0 Å². The number of nitrogens with zero attached hydrogens (tertiary/aromatic N) is 2. The van der Waals surface area contributed by atoms with E-state index < -0.39 is 5.60 Å². The SMILES string of the molecule is Cc1cccc(OCC2(O)CCCN(C(=O)c3conc3C)C2)c1. The summed E-state index contributed by atoms with van der Waals surface area (Å²) in [6, 6.07) is 7.70. The minimum atomic E-state index is -1.05. The molecule has 1 aromatic heterocycles. The van der Waals surface area contributed by atoms with E-state index in [-0.39, 0.29) is 19.1 Å². The standard InChI is InChI=1S/C18H22N2O4/c1-13-5-3-6-15(9-13)23-12-18(22)7-4-8-20(11-18)17(21)16-10-24-19-14(16)2/h3,5-6,9-10,22H,4,7-8,11-12H2,1-2H3. The first-order valence-corrected chi connectivity index (χ1v) is 8.09. The number of carbonyl (C=O) groups excluding carboxylic acids is 1. The summed E-state index contributed by atoms with van der Waals surface area (Å²) in [6.07, 6.45) is 2.68. The van der Waals surface area contributed by atoms with Crippen molar-refractivity contribution in [2.75, 3.05) is 19.7 Å². The van der Waals surface area contributed by atoms with E-state index >= 15 is 0 Å². The molecule has 24 heavy (non-hydrogen) atoms. The molecule has 1 N–H and O–H groups in total. The molecule has 3 rings (SSSR count). The lowest BCUT2D eigenvalue weighted by atomic mass is 9.93. The first-order chi connectivity index (χ1) is 11.5. The highest BCUT2D eigenvalue weighted by Gasteiger charge is 2.37. The second-order valence-corrected chi connectivity index (χ2v) is 6.47. The molecule has 1 atom stereocenters. The van der Waals surface area contributed by atoms with Crippen LogP contribution < -0.4 is 4.74 Å². The molecule has 1 aromatic carbocycles. The Morgan fingerprint density at radius 1 is 1.46 bits per heavy atom. The van der Waals surface area contributed by atoms with Gasteiger partial charge in [-0.1, -0.05) is 17.3 Å². The lowest BCUT2D eigenvalue weighted by Crippen LogP contribution is -2.53. The normalized spacial score (nSPS) is 20.9. The Morgan fingerprint density at radius 3 is 3.00 bits per heavy atom. The quantitative estimate of drug-likeness (QED) is 0.931. The van der Waals surface area contributed by atoms with E-state index in [2.05, 4.69) is 5.16 Å². The zero-order chi connectivity index (χ0) is 17.2. The van der Waals surface area contributed by atoms with Crippen LogP contribution in [0.25, 0.3) is 0 Å². The lowest BCUT2D eigenvalue weighted by molar-refractivity contribution is -0.0532. The molecule has 1 unspecified atom stereocenters. The fourth-order valence-electron chi connectivity index (χ4n) is 2.99. The Kier molecular flexibility index (Phi) is 4.57. The maximum Gasteiger partial charge on any atom is 0.259 e. The average Bonchev–Trinajstić information content (AvgIpc) is 2.99. The molecule has 1 saturated heterocycles. The van der Waals surface area contributed by atoms with Gasteiger partial charge in [0.05, 0.1) is 12.2 Å². The monoisotopic (exact) mass is 330 g/mol. The maximum absolute atomic E-state index is 12.6. The summed E-state index contributed by atoms with van der Waals surface area (Å²) in [6.45, 7) is 4.72. The van der Waals surface area contributed by atoms with Crippen molar-refractivity contribution in [2.45, 2.75) is 32.3 Å². The number of piperidine rings is 1. The molecule has 1 amide bonds. The molecule has 6 nitrogen and oxygen atoms in total. The van der Waals surface area contributed by atoms with Gasteiger partial charge >= 0.3 is 0 Å². The van der Waals surface area contributed by atoms with Gasteiger partial charge in [-0.05, 0) is 44.4 Å². The zero-order valence-electron chi connectivity index (χ0n) is 14.0. The Hall–Kier alpha value is -2.34. The van der Waals surface area contributed by atoms with E-state index in [1.807, 2.05) is 31.2 Å². The van der Waals surface area contributed by atoms with Gasteiger partial charge in [-0.15, -0.1) is 0 Å². The van der Waals surface area contributed by atoms with Crippen molar-refractivity contribution in [3.05, 3.63) is 47.3 Å². The molecular formula is C18H22N2O4. The van der Waals surface area contributed by atoms with Crippen molar-refractivity contribution >= 4 is 5.91 Å². The number of ether oxygens (including phenoxy) is 1. The molecule has 0 saturated carbocycles. The summed E-state index contributed by atoms with van der Waals surface area (Å²) < 4.78 is 10.6. The molecule has 1 fully saturated rings. The largest absolute Gasteiger partial charge is 0.491 e. The highest BCUT2D eigenvalue weighted by Crippen LogP contribution is 2.25. The second kappa shape index (κ2) is 6.65. The van der Waals surface area contributed by atoms with Crippen LogP contribution in [0.4, 0.5) is 0 Å². The number of aryl methyl sites for hydroxylation is 2. The third-order valence-corrected chi connectivity index (χ3v) is 4.32. The number of carbonyl (C=O) groups is 1. The Morgan fingerprint density at radius 2 is 2.29 bits per heavy atom. The molecule has 0 aliphatic carbocycles. The number of hydrogen-bond donors (Lipinski definition) is 1. The first kappa shape index (κ1) is 16.5. The van der Waals surface area contributed by atoms with Crippen LogP contribution in [0.2, 0.25) is 0 Å². The molecule has 6 heteroatoms. The molecule has 2 aromatic rings. The lowest BCUT2D eigenvalue weighted by Gasteiger charge is -2.38. The number of amides is 1. The zero-order valence-corrected chi connectivity index (χ0v) is 14.0. The smallest absolute Gasteiger partial charge is 0.259 e. The number of aromatic nitrogens is 1. The van der Waals surface area contributed by atoms with Crippen molar-refractivity contribution in [1.29, 1.82) is 0 Å². The summed E-state index contributed by atoms with van der Waals surface area (Å²) in [5.41, 5.74) is 1.05. The van der Waals surface area contributed by atoms with E-state index in [1.54, 1.807) is 11.8 Å². The van der Waals surface area contributed by atoms with E-state index in [4.69, 9.17) is 9.26 Å². The van der Waals surface area contributed by atoms with E-state index in [9.17, 15) is 9.90 Å². The van der Waals surface area contributed by atoms with E-state index in [0.29, 0.717) is 24.2 Å². The minimum absolute atomic E-state index is 0.156. The van der Waals surface area contributed by atoms with Gasteiger partial charge in [-0.3, -0.25) is 4.79 Å². The number of likely N-dealkylation sites (tertiary alicyclic amines) is 1. The molecule has 128 valence electrons. The van der Waals surface area contributed by atoms with Crippen LogP contribution in [0, 0.1) is 13.8 Å². The summed E-state index contributed by atoms with van der Waals surface area (Å²) >= 11 is 0. The van der Waals surface area contributed by atoms with Gasteiger partial charge in [-0.2, -0.15) is 0 Å². The summed E-state index contributed by atoms with van der Waals surface area (Å²) in [5, 5.41) is 14.6. The van der Waals surface area contributed by atoms with E-state index in [1.165, 1.54) is 6.26 Å². The molecule has 2 heterocycles. The highest BCUT2D eigenvalue weighted by molar-refractivity contribution is 5.94. The van der Waals surface area contributed by atoms with Gasteiger partial charge in [0.25, 0.3) is 5.91 Å². The molecule has 1 aliphatic heterocycles. The van der Waals surface area contributed by atoms with Crippen LogP contribution in [0.1, 0.15) is 34.5 Å². The van der Waals surface area contributed by atoms with Gasteiger partial charge in [0.2, 0.25) is 0 Å². The van der Waals surface area contributed by atoms with Crippen LogP contribution >= 0.6 is 0 Å². The fourth-order valence-corrected chi connectivity index (χ4v) is 2.99. The number of benzene rings is 1. The van der Waals surface area contributed by atoms with Crippen LogP contribution in [-0.4, -0.2) is 46.4 Å². The first-order valence-electron chi connectivity index (χ1n) is 8.09. The van der Waals surface area contributed by atoms with Gasteiger partial charge in [0.1, 0.15) is 29.8 Å². The van der Waals surface area contributed by atoms with Gasteiger partial charge < -0.3 is 19.3 Å². The van der Waals surface area contributed by atoms with Crippen molar-refractivity contribution in [1.82, 2.24) is 10.1 Å². The van der Waals surface area contributed by atoms with Crippen molar-refractivity contribution in [3.8, 4) is 5.75 Å². The molecule has 0 spiro atoms. The van der Waals surface area contributed by atoms with Crippen molar-refractivity contribution in [2.24, 2.45) is 0 Å². The fraction of sp³-hybridized carbons (Fsp3) is 0.444. The minimum Gasteiger partial charge on any atom is -0.491 e. The maximum atomic E-state index is 12.6. The highest BCUT2D eigenvalue weighted by atomic mass is 16.5. The average molecular weight is 330 g/mol. The predicted octanol–water partition coefficient (Wildman–Crippen LogP) is 2.34. The molecule has 0 radical (unpaired) electrons. The van der Waals surface area contributed by atoms with Crippen molar-refractivity contribution < 1.29 is 19.2 Å². The molecular weight excluding hydrogens is 308 g/mol. The third-order valence-electron chi connectivity index (χ3n) is 4.32. The number of rotatable bonds is 4. The number of hydrogen-bond acceptors (Lipinski definition) is 5. The van der Waals surface area contributed by atoms with Crippen LogP contribution in [0.3, 0.4) is 0 Å². The third kappa shape index (κ3) is 3.59. The number of β-amino-alcohol motifs (C(OH)–C–C–N with tert-alkyl or cyclic N) is 1. The Balaban J connectivity index is 1.65. The van der Waals surface area contributed by atoms with Gasteiger partial charge in [0, 0.05) is 6.54 Å². The second-order valence-electron chi connectivity index (χ2n) is 6.47. The molecule has 1 aliphatic rings. The topological polar surface area (TPSA) is 75.8 Å². The summed E-state index contributed by atoms with van der Waals surface area (Å²) in [5.74, 6) is 0.559.